The number of hydrogen-bond acceptors (Lipinski definition) is 3. The van der Waals surface area contributed by atoms with Gasteiger partial charge in [-0.15, -0.1) is 0 Å². The molecule has 1 aliphatic heterocycles. The van der Waals surface area contributed by atoms with Crippen molar-refractivity contribution in [2.75, 3.05) is 18.0 Å². The van der Waals surface area contributed by atoms with Crippen LogP contribution in [-0.4, -0.2) is 23.1 Å². The van der Waals surface area contributed by atoms with Gasteiger partial charge >= 0.3 is 0 Å². The topological polar surface area (TPSA) is 42.2 Å². The lowest BCUT2D eigenvalue weighted by Crippen LogP contribution is -2.27. The molecule has 0 radical (unpaired) electrons. The van der Waals surface area contributed by atoms with E-state index in [4.69, 9.17) is 22.9 Å². The third kappa shape index (κ3) is 2.91. The van der Waals surface area contributed by atoms with E-state index in [1.807, 2.05) is 0 Å². The van der Waals surface area contributed by atoms with E-state index in [9.17, 15) is 0 Å². The van der Waals surface area contributed by atoms with E-state index in [-0.39, 0.29) is 0 Å². The first-order valence-electron chi connectivity index (χ1n) is 8.14. The van der Waals surface area contributed by atoms with E-state index in [0.29, 0.717) is 4.99 Å². The Bertz CT molecular complexity index is 553. The highest BCUT2D eigenvalue weighted by Gasteiger charge is 2.28. The molecule has 1 atom stereocenters. The molecule has 2 aliphatic rings. The Hall–Kier alpha value is -1.16. The van der Waals surface area contributed by atoms with Gasteiger partial charge < -0.3 is 10.6 Å². The van der Waals surface area contributed by atoms with E-state index in [1.54, 1.807) is 0 Å². The maximum absolute atomic E-state index is 5.97. The molecule has 3 nitrogen and oxygen atoms in total. The van der Waals surface area contributed by atoms with Gasteiger partial charge in [-0.25, -0.2) is 4.98 Å². The molecule has 114 valence electrons. The number of fused-ring (bicyclic) bond motifs is 1. The van der Waals surface area contributed by atoms with Crippen LogP contribution in [-0.2, 0) is 12.8 Å². The highest BCUT2D eigenvalue weighted by atomic mass is 32.1. The molecular weight excluding hydrogens is 278 g/mol. The molecule has 4 heteroatoms. The number of pyridine rings is 1. The number of hydrogen-bond donors (Lipinski definition) is 1. The minimum atomic E-state index is 0.485. The van der Waals surface area contributed by atoms with Crippen LogP contribution in [0, 0.1) is 11.8 Å². The number of aromatic nitrogens is 1. The summed E-state index contributed by atoms with van der Waals surface area (Å²) in [5, 5.41) is 0. The van der Waals surface area contributed by atoms with Crippen molar-refractivity contribution in [2.24, 2.45) is 17.6 Å². The van der Waals surface area contributed by atoms with Crippen molar-refractivity contribution < 1.29 is 0 Å². The number of rotatable bonds is 3. The smallest absolute Gasteiger partial charge is 0.139 e. The van der Waals surface area contributed by atoms with Crippen LogP contribution in [0.5, 0.6) is 0 Å². The number of nitrogens with two attached hydrogens (primary N) is 1. The van der Waals surface area contributed by atoms with Crippen molar-refractivity contribution in [3.63, 3.8) is 0 Å². The van der Waals surface area contributed by atoms with Crippen LogP contribution in [0.3, 0.4) is 0 Å². The van der Waals surface area contributed by atoms with Crippen LogP contribution in [0.15, 0.2) is 6.07 Å². The van der Waals surface area contributed by atoms with E-state index >= 15 is 0 Å². The summed E-state index contributed by atoms with van der Waals surface area (Å²) in [4.78, 5) is 7.85. The molecule has 0 saturated carbocycles. The molecule has 0 amide bonds. The second-order valence-corrected chi connectivity index (χ2v) is 7.22. The van der Waals surface area contributed by atoms with Crippen molar-refractivity contribution in [3.05, 3.63) is 22.9 Å². The Labute approximate surface area is 132 Å². The first-order valence-corrected chi connectivity index (χ1v) is 8.54. The predicted molar refractivity (Wildman–Crippen MR) is 91.9 cm³/mol. The molecule has 1 unspecified atom stereocenters. The highest BCUT2D eigenvalue weighted by molar-refractivity contribution is 7.80. The average Bonchev–Trinajstić information content (AvgIpc) is 2.95. The average molecular weight is 303 g/mol. The van der Waals surface area contributed by atoms with E-state index in [0.717, 1.165) is 49.1 Å². The van der Waals surface area contributed by atoms with Gasteiger partial charge in [0.1, 0.15) is 10.8 Å². The van der Waals surface area contributed by atoms with Crippen molar-refractivity contribution in [1.29, 1.82) is 0 Å². The first kappa shape index (κ1) is 14.8. The zero-order chi connectivity index (χ0) is 15.0. The quantitative estimate of drug-likeness (QED) is 0.871. The Kier molecular flexibility index (Phi) is 4.16. The maximum Gasteiger partial charge on any atom is 0.139 e. The Morgan fingerprint density at radius 2 is 2.14 bits per heavy atom. The molecule has 2 N–H and O–H groups in total. The van der Waals surface area contributed by atoms with Gasteiger partial charge in [-0.3, -0.25) is 0 Å². The first-order chi connectivity index (χ1) is 10.1. The summed E-state index contributed by atoms with van der Waals surface area (Å²) in [5.74, 6) is 2.51. The third-order valence-corrected chi connectivity index (χ3v) is 5.23. The van der Waals surface area contributed by atoms with Crippen LogP contribution in [0.25, 0.3) is 0 Å². The SMILES string of the molecule is CC(C)C1CCN(c2nc3c(cc2C(N)=S)CCCC3)C1. The maximum atomic E-state index is 5.97. The largest absolute Gasteiger partial charge is 0.389 e. The van der Waals surface area contributed by atoms with Gasteiger partial charge in [0.2, 0.25) is 0 Å². The lowest BCUT2D eigenvalue weighted by Gasteiger charge is -2.25. The molecule has 0 spiro atoms. The standard InChI is InChI=1S/C17H25N3S/c1-11(2)13-7-8-20(10-13)17-14(16(18)21)9-12-5-3-4-6-15(12)19-17/h9,11,13H,3-8,10H2,1-2H3,(H2,18,21). The lowest BCUT2D eigenvalue weighted by atomic mass is 9.94. The monoisotopic (exact) mass is 303 g/mol. The summed E-state index contributed by atoms with van der Waals surface area (Å²) >= 11 is 5.28. The summed E-state index contributed by atoms with van der Waals surface area (Å²) in [7, 11) is 0. The summed E-state index contributed by atoms with van der Waals surface area (Å²) in [6.45, 7) is 6.77. The molecule has 1 fully saturated rings. The van der Waals surface area contributed by atoms with Gasteiger partial charge in [-0.05, 0) is 55.6 Å². The van der Waals surface area contributed by atoms with Crippen molar-refractivity contribution in [2.45, 2.75) is 46.0 Å². The fraction of sp³-hybridized carbons (Fsp3) is 0.647. The fourth-order valence-corrected chi connectivity index (χ4v) is 3.72. The summed E-state index contributed by atoms with van der Waals surface area (Å²) in [6.07, 6.45) is 5.96. The number of aryl methyl sites for hydroxylation is 2. The van der Waals surface area contributed by atoms with Crippen LogP contribution < -0.4 is 10.6 Å². The number of nitrogens with zero attached hydrogens (tertiary/aromatic N) is 2. The summed E-state index contributed by atoms with van der Waals surface area (Å²) in [6, 6.07) is 2.21. The van der Waals surface area contributed by atoms with Crippen molar-refractivity contribution in [3.8, 4) is 0 Å². The Balaban J connectivity index is 1.95. The zero-order valence-electron chi connectivity index (χ0n) is 13.1. The third-order valence-electron chi connectivity index (χ3n) is 5.01. The minimum Gasteiger partial charge on any atom is -0.389 e. The number of anilines is 1. The van der Waals surface area contributed by atoms with Crippen LogP contribution in [0.1, 0.15) is 49.9 Å². The van der Waals surface area contributed by atoms with E-state index in [1.165, 1.54) is 30.5 Å². The number of thiocarbonyl (C=S) groups is 1. The second-order valence-electron chi connectivity index (χ2n) is 6.78. The molecule has 1 aliphatic carbocycles. The van der Waals surface area contributed by atoms with E-state index < -0.39 is 0 Å². The molecule has 2 heterocycles. The minimum absolute atomic E-state index is 0.485. The van der Waals surface area contributed by atoms with Crippen LogP contribution >= 0.6 is 12.2 Å². The summed E-state index contributed by atoms with van der Waals surface area (Å²) < 4.78 is 0. The van der Waals surface area contributed by atoms with Crippen LogP contribution in [0.4, 0.5) is 5.82 Å². The summed E-state index contributed by atoms with van der Waals surface area (Å²) in [5.41, 5.74) is 9.58. The van der Waals surface area contributed by atoms with Crippen LogP contribution in [0.2, 0.25) is 0 Å². The van der Waals surface area contributed by atoms with E-state index in [2.05, 4.69) is 24.8 Å². The van der Waals surface area contributed by atoms with Gasteiger partial charge in [0.05, 0.1) is 5.56 Å². The Morgan fingerprint density at radius 1 is 1.38 bits per heavy atom. The fourth-order valence-electron chi connectivity index (χ4n) is 3.57. The Morgan fingerprint density at radius 3 is 2.81 bits per heavy atom. The molecule has 3 rings (SSSR count). The second kappa shape index (κ2) is 5.91. The lowest BCUT2D eigenvalue weighted by molar-refractivity contribution is 0.422. The molecule has 0 bridgehead atoms. The van der Waals surface area contributed by atoms with Gasteiger partial charge in [0.25, 0.3) is 0 Å². The van der Waals surface area contributed by atoms with Crippen molar-refractivity contribution >= 4 is 23.0 Å². The molecule has 21 heavy (non-hydrogen) atoms. The highest BCUT2D eigenvalue weighted by Crippen LogP contribution is 2.32. The molecule has 0 aromatic carbocycles. The van der Waals surface area contributed by atoms with Gasteiger partial charge in [-0.2, -0.15) is 0 Å². The molecule has 1 aromatic rings. The molecule has 1 aromatic heterocycles. The van der Waals surface area contributed by atoms with Crippen molar-refractivity contribution in [1.82, 2.24) is 4.98 Å². The predicted octanol–water partition coefficient (Wildman–Crippen LogP) is 3.08. The normalized spacial score (nSPS) is 21.7. The van der Waals surface area contributed by atoms with Gasteiger partial charge in [0.15, 0.2) is 0 Å². The van der Waals surface area contributed by atoms with Gasteiger partial charge in [-0.1, -0.05) is 26.1 Å². The molecular formula is C17H25N3S. The zero-order valence-corrected chi connectivity index (χ0v) is 13.9. The van der Waals surface area contributed by atoms with Gasteiger partial charge in [0, 0.05) is 18.8 Å². The molecule has 1 saturated heterocycles.